The van der Waals surface area contributed by atoms with E-state index in [1.165, 1.54) is 12.1 Å². The first kappa shape index (κ1) is 17.2. The Bertz CT molecular complexity index is 954. The molecule has 2 atom stereocenters. The molecular weight excluding hydrogens is 336 g/mol. The van der Waals surface area contributed by atoms with E-state index < -0.39 is 28.1 Å². The molecule has 130 valence electrons. The SMILES string of the molecule is CN1CC=C2C(C#N)=C(N)C(C#N)(C#N)C(c3ccc([N+](=O)[O-])o3)C2C1. The van der Waals surface area contributed by atoms with E-state index in [9.17, 15) is 25.9 Å². The van der Waals surface area contributed by atoms with Crippen LogP contribution in [0.15, 0.2) is 39.5 Å². The van der Waals surface area contributed by atoms with Gasteiger partial charge in [0.25, 0.3) is 0 Å². The van der Waals surface area contributed by atoms with Gasteiger partial charge in [0.05, 0.1) is 35.4 Å². The third kappa shape index (κ3) is 2.25. The third-order valence-electron chi connectivity index (χ3n) is 4.95. The van der Waals surface area contributed by atoms with Crippen LogP contribution in [0.5, 0.6) is 0 Å². The molecule has 2 heterocycles. The van der Waals surface area contributed by atoms with Gasteiger partial charge in [-0.15, -0.1) is 0 Å². The van der Waals surface area contributed by atoms with Gasteiger partial charge < -0.3 is 15.1 Å². The second-order valence-corrected chi connectivity index (χ2v) is 6.33. The number of nitrogens with two attached hydrogens (primary N) is 1. The first-order valence-electron chi connectivity index (χ1n) is 7.75. The van der Waals surface area contributed by atoms with Gasteiger partial charge in [-0.2, -0.15) is 15.8 Å². The minimum Gasteiger partial charge on any atom is -0.405 e. The Kier molecular flexibility index (Phi) is 4.00. The molecule has 1 aromatic heterocycles. The Balaban J connectivity index is 2.30. The van der Waals surface area contributed by atoms with Gasteiger partial charge in [0.1, 0.15) is 16.8 Å². The summed E-state index contributed by atoms with van der Waals surface area (Å²) in [5, 5.41) is 40.2. The maximum Gasteiger partial charge on any atom is 0.433 e. The minimum atomic E-state index is -1.85. The van der Waals surface area contributed by atoms with E-state index in [0.29, 0.717) is 18.7 Å². The maximum absolute atomic E-state index is 11.0. The Hall–Kier alpha value is -3.61. The largest absolute Gasteiger partial charge is 0.433 e. The highest BCUT2D eigenvalue weighted by Gasteiger charge is 2.55. The molecule has 3 rings (SSSR count). The molecule has 0 saturated heterocycles. The van der Waals surface area contributed by atoms with Crippen LogP contribution in [0.2, 0.25) is 0 Å². The summed E-state index contributed by atoms with van der Waals surface area (Å²) in [5.74, 6) is -1.64. The summed E-state index contributed by atoms with van der Waals surface area (Å²) < 4.78 is 5.34. The van der Waals surface area contributed by atoms with E-state index in [-0.39, 0.29) is 17.0 Å². The molecule has 26 heavy (non-hydrogen) atoms. The molecule has 1 aliphatic carbocycles. The first-order chi connectivity index (χ1) is 12.4. The predicted molar refractivity (Wildman–Crippen MR) is 87.7 cm³/mol. The van der Waals surface area contributed by atoms with Crippen molar-refractivity contribution >= 4 is 5.88 Å². The normalized spacial score (nSPS) is 24.6. The Morgan fingerprint density at radius 2 is 2.08 bits per heavy atom. The van der Waals surface area contributed by atoms with Crippen molar-refractivity contribution in [3.8, 4) is 18.2 Å². The molecule has 1 aromatic rings. The molecule has 0 fully saturated rings. The summed E-state index contributed by atoms with van der Waals surface area (Å²) in [6.07, 6.45) is 1.84. The lowest BCUT2D eigenvalue weighted by atomic mass is 9.59. The van der Waals surface area contributed by atoms with Gasteiger partial charge in [0, 0.05) is 19.0 Å². The van der Waals surface area contributed by atoms with E-state index in [0.717, 1.165) is 0 Å². The Labute approximate surface area is 149 Å². The lowest BCUT2D eigenvalue weighted by Crippen LogP contribution is -2.47. The standard InChI is InChI=1S/C17H14N6O3/c1-22-5-4-10-11(6-18)16(21)17(8-19,9-20)15(12(10)7-22)13-2-3-14(26-13)23(24)25/h2-4,12,15H,5,7,21H2,1H3. The quantitative estimate of drug-likeness (QED) is 0.621. The third-order valence-corrected chi connectivity index (χ3v) is 4.95. The van der Waals surface area contributed by atoms with E-state index in [1.807, 2.05) is 36.2 Å². The van der Waals surface area contributed by atoms with E-state index >= 15 is 0 Å². The monoisotopic (exact) mass is 350 g/mol. The van der Waals surface area contributed by atoms with Gasteiger partial charge in [0.2, 0.25) is 0 Å². The molecule has 2 N–H and O–H groups in total. The van der Waals surface area contributed by atoms with Crippen molar-refractivity contribution in [1.29, 1.82) is 15.8 Å². The zero-order valence-corrected chi connectivity index (χ0v) is 13.8. The zero-order valence-electron chi connectivity index (χ0n) is 13.8. The number of likely N-dealkylation sites (N-methyl/N-ethyl adjacent to an activating group) is 1. The van der Waals surface area contributed by atoms with Crippen LogP contribution in [-0.2, 0) is 0 Å². The van der Waals surface area contributed by atoms with Crippen LogP contribution >= 0.6 is 0 Å². The van der Waals surface area contributed by atoms with Gasteiger partial charge >= 0.3 is 5.88 Å². The van der Waals surface area contributed by atoms with Crippen molar-refractivity contribution in [3.05, 3.63) is 50.9 Å². The Morgan fingerprint density at radius 3 is 2.62 bits per heavy atom. The van der Waals surface area contributed by atoms with Crippen LogP contribution < -0.4 is 5.73 Å². The summed E-state index contributed by atoms with van der Waals surface area (Å²) in [6.45, 7) is 1.04. The molecule has 0 bridgehead atoms. The molecule has 9 heteroatoms. The zero-order chi connectivity index (χ0) is 19.1. The second-order valence-electron chi connectivity index (χ2n) is 6.33. The van der Waals surface area contributed by atoms with Gasteiger partial charge in [-0.25, -0.2) is 0 Å². The highest BCUT2D eigenvalue weighted by Crippen LogP contribution is 2.54. The van der Waals surface area contributed by atoms with Crippen molar-refractivity contribution in [2.45, 2.75) is 5.92 Å². The molecule has 0 radical (unpaired) electrons. The molecule has 9 nitrogen and oxygen atoms in total. The summed E-state index contributed by atoms with van der Waals surface area (Å²) in [4.78, 5) is 12.3. The number of hydrogen-bond donors (Lipinski definition) is 1. The number of nitrogens with zero attached hydrogens (tertiary/aromatic N) is 5. The molecule has 2 aliphatic rings. The summed E-state index contributed by atoms with van der Waals surface area (Å²) >= 11 is 0. The van der Waals surface area contributed by atoms with Crippen LogP contribution in [0.3, 0.4) is 0 Å². The number of hydrogen-bond acceptors (Lipinski definition) is 8. The number of nitro groups is 1. The van der Waals surface area contributed by atoms with Crippen LogP contribution in [0.4, 0.5) is 5.88 Å². The van der Waals surface area contributed by atoms with Gasteiger partial charge in [-0.05, 0) is 18.7 Å². The topological polar surface area (TPSA) is 157 Å². The van der Waals surface area contributed by atoms with Crippen LogP contribution in [0.25, 0.3) is 0 Å². The van der Waals surface area contributed by atoms with E-state index in [1.54, 1.807) is 0 Å². The van der Waals surface area contributed by atoms with E-state index in [4.69, 9.17) is 10.2 Å². The van der Waals surface area contributed by atoms with Crippen molar-refractivity contribution < 1.29 is 9.34 Å². The molecular formula is C17H14N6O3. The number of furan rings is 1. The van der Waals surface area contributed by atoms with Gasteiger partial charge in [-0.1, -0.05) is 6.08 Å². The number of allylic oxidation sites excluding steroid dienone is 2. The molecule has 0 aromatic carbocycles. The fourth-order valence-electron chi connectivity index (χ4n) is 3.74. The average Bonchev–Trinajstić information content (AvgIpc) is 3.11. The predicted octanol–water partition coefficient (Wildman–Crippen LogP) is 1.54. The summed E-state index contributed by atoms with van der Waals surface area (Å²) in [6, 6.07) is 8.48. The summed E-state index contributed by atoms with van der Waals surface area (Å²) in [7, 11) is 1.86. The fraction of sp³-hybridized carbons (Fsp3) is 0.353. The van der Waals surface area contributed by atoms with Crippen molar-refractivity contribution in [2.75, 3.05) is 20.1 Å². The molecule has 0 amide bonds. The average molecular weight is 350 g/mol. The minimum absolute atomic E-state index is 0.128. The van der Waals surface area contributed by atoms with Gasteiger partial charge in [-0.3, -0.25) is 10.1 Å². The lowest BCUT2D eigenvalue weighted by molar-refractivity contribution is -0.402. The highest BCUT2D eigenvalue weighted by molar-refractivity contribution is 5.58. The molecule has 1 aliphatic heterocycles. The first-order valence-corrected chi connectivity index (χ1v) is 7.75. The lowest BCUT2D eigenvalue weighted by Gasteiger charge is -2.43. The Morgan fingerprint density at radius 1 is 1.38 bits per heavy atom. The number of nitriles is 3. The van der Waals surface area contributed by atoms with Crippen molar-refractivity contribution in [3.63, 3.8) is 0 Å². The second kappa shape index (κ2) is 6.03. The van der Waals surface area contributed by atoms with E-state index in [2.05, 4.69) is 0 Å². The maximum atomic E-state index is 11.0. The number of rotatable bonds is 2. The van der Waals surface area contributed by atoms with Crippen molar-refractivity contribution in [2.24, 2.45) is 17.1 Å². The van der Waals surface area contributed by atoms with Gasteiger partial charge in [0.15, 0.2) is 5.41 Å². The molecule has 0 spiro atoms. The highest BCUT2D eigenvalue weighted by atomic mass is 16.6. The van der Waals surface area contributed by atoms with Crippen molar-refractivity contribution in [1.82, 2.24) is 4.90 Å². The summed E-state index contributed by atoms with van der Waals surface area (Å²) in [5.41, 5.74) is 4.89. The smallest absolute Gasteiger partial charge is 0.405 e. The van der Waals surface area contributed by atoms with Crippen LogP contribution in [-0.4, -0.2) is 30.0 Å². The fourth-order valence-corrected chi connectivity index (χ4v) is 3.74. The van der Waals surface area contributed by atoms with Crippen LogP contribution in [0.1, 0.15) is 11.7 Å². The molecule has 0 saturated carbocycles. The molecule has 2 unspecified atom stereocenters. The number of fused-ring (bicyclic) bond motifs is 1. The van der Waals surface area contributed by atoms with Crippen LogP contribution in [0, 0.1) is 55.4 Å².